The Kier molecular flexibility index (Phi) is 7.18. The average molecular weight is 437 g/mol. The topological polar surface area (TPSA) is 84.0 Å². The first-order valence-electron chi connectivity index (χ1n) is 10.8. The molecule has 0 radical (unpaired) electrons. The highest BCUT2D eigenvalue weighted by molar-refractivity contribution is 7.89. The molecule has 1 aliphatic carbocycles. The normalized spacial score (nSPS) is 22.5. The molecule has 2 aliphatic rings. The second-order valence-electron chi connectivity index (χ2n) is 8.73. The largest absolute Gasteiger partial charge is 0.465 e. The van der Waals surface area contributed by atoms with Gasteiger partial charge < -0.3 is 9.64 Å². The van der Waals surface area contributed by atoms with E-state index in [4.69, 9.17) is 4.74 Å². The summed E-state index contributed by atoms with van der Waals surface area (Å²) < 4.78 is 32.6. The van der Waals surface area contributed by atoms with Gasteiger partial charge in [0.15, 0.2) is 0 Å². The number of carbonyl (C=O) groups excluding carboxylic acids is 2. The van der Waals surface area contributed by atoms with E-state index in [2.05, 4.69) is 13.8 Å². The number of nitrogens with zero attached hydrogens (tertiary/aromatic N) is 2. The molecule has 0 bridgehead atoms. The summed E-state index contributed by atoms with van der Waals surface area (Å²) >= 11 is 0. The molecule has 2 atom stereocenters. The first-order chi connectivity index (χ1) is 14.2. The maximum Gasteiger partial charge on any atom is 0.325 e. The van der Waals surface area contributed by atoms with Gasteiger partial charge >= 0.3 is 5.97 Å². The molecule has 0 aromatic heterocycles. The smallest absolute Gasteiger partial charge is 0.325 e. The quantitative estimate of drug-likeness (QED) is 0.585. The lowest BCUT2D eigenvalue weighted by atomic mass is 9.94. The highest BCUT2D eigenvalue weighted by Gasteiger charge is 2.32. The number of esters is 1. The molecule has 1 heterocycles. The van der Waals surface area contributed by atoms with E-state index in [1.807, 2.05) is 0 Å². The maximum atomic E-state index is 13.0. The SMILES string of the molecule is CCOC(=O)CN(CC1CC1)C(=O)c1ccc(S(=O)(=O)N2CC(C)CC(C)C2)cc1. The monoisotopic (exact) mass is 436 g/mol. The van der Waals surface area contributed by atoms with Gasteiger partial charge in [0.25, 0.3) is 5.91 Å². The Morgan fingerprint density at radius 3 is 2.23 bits per heavy atom. The zero-order chi connectivity index (χ0) is 21.9. The van der Waals surface area contributed by atoms with Crippen LogP contribution in [-0.2, 0) is 19.6 Å². The Morgan fingerprint density at radius 2 is 1.70 bits per heavy atom. The molecule has 0 spiro atoms. The molecule has 1 aliphatic heterocycles. The lowest BCUT2D eigenvalue weighted by Gasteiger charge is -2.34. The summed E-state index contributed by atoms with van der Waals surface area (Å²) in [6, 6.07) is 6.06. The van der Waals surface area contributed by atoms with Gasteiger partial charge in [-0.1, -0.05) is 13.8 Å². The number of rotatable bonds is 8. The van der Waals surface area contributed by atoms with E-state index < -0.39 is 16.0 Å². The Labute approximate surface area is 179 Å². The number of ether oxygens (including phenoxy) is 1. The lowest BCUT2D eigenvalue weighted by molar-refractivity contribution is -0.143. The second-order valence-corrected chi connectivity index (χ2v) is 10.7. The van der Waals surface area contributed by atoms with Crippen molar-refractivity contribution in [2.75, 3.05) is 32.8 Å². The lowest BCUT2D eigenvalue weighted by Crippen LogP contribution is -2.42. The van der Waals surface area contributed by atoms with Gasteiger partial charge in [-0.3, -0.25) is 9.59 Å². The number of benzene rings is 1. The van der Waals surface area contributed by atoms with E-state index in [1.165, 1.54) is 29.2 Å². The Bertz CT molecular complexity index is 854. The molecule has 8 heteroatoms. The molecule has 30 heavy (non-hydrogen) atoms. The van der Waals surface area contributed by atoms with Gasteiger partial charge in [0, 0.05) is 25.2 Å². The van der Waals surface area contributed by atoms with Crippen LogP contribution in [0.5, 0.6) is 0 Å². The maximum absolute atomic E-state index is 13.0. The minimum Gasteiger partial charge on any atom is -0.465 e. The van der Waals surface area contributed by atoms with Gasteiger partial charge in [-0.25, -0.2) is 8.42 Å². The molecular formula is C22H32N2O5S. The molecule has 1 saturated carbocycles. The molecular weight excluding hydrogens is 404 g/mol. The summed E-state index contributed by atoms with van der Waals surface area (Å²) in [6.07, 6.45) is 3.13. The number of hydrogen-bond acceptors (Lipinski definition) is 5. The first-order valence-corrected chi connectivity index (χ1v) is 12.2. The number of carbonyl (C=O) groups is 2. The van der Waals surface area contributed by atoms with Gasteiger partial charge in [0.1, 0.15) is 6.54 Å². The van der Waals surface area contributed by atoms with E-state index in [-0.39, 0.29) is 24.0 Å². The third-order valence-corrected chi connectivity index (χ3v) is 7.51. The Morgan fingerprint density at radius 1 is 1.10 bits per heavy atom. The molecule has 7 nitrogen and oxygen atoms in total. The molecule has 3 rings (SSSR count). The highest BCUT2D eigenvalue weighted by atomic mass is 32.2. The van der Waals surface area contributed by atoms with Gasteiger partial charge in [-0.05, 0) is 68.2 Å². The second kappa shape index (κ2) is 9.47. The molecule has 1 amide bonds. The van der Waals surface area contributed by atoms with Crippen molar-refractivity contribution in [3.8, 4) is 0 Å². The predicted octanol–water partition coefficient (Wildman–Crippen LogP) is 2.77. The number of sulfonamides is 1. The molecule has 1 aromatic rings. The zero-order valence-corrected chi connectivity index (χ0v) is 18.9. The van der Waals surface area contributed by atoms with Gasteiger partial charge in [-0.15, -0.1) is 0 Å². The van der Waals surface area contributed by atoms with E-state index in [9.17, 15) is 18.0 Å². The van der Waals surface area contributed by atoms with Crippen molar-refractivity contribution in [3.05, 3.63) is 29.8 Å². The molecule has 2 fully saturated rings. The van der Waals surface area contributed by atoms with Crippen molar-refractivity contribution in [1.82, 2.24) is 9.21 Å². The molecule has 166 valence electrons. The Balaban J connectivity index is 1.74. The third-order valence-electron chi connectivity index (χ3n) is 5.66. The van der Waals surface area contributed by atoms with Crippen LogP contribution in [-0.4, -0.2) is 62.3 Å². The third kappa shape index (κ3) is 5.60. The van der Waals surface area contributed by atoms with Crippen LogP contribution in [0.4, 0.5) is 0 Å². The summed E-state index contributed by atoms with van der Waals surface area (Å²) in [6.45, 7) is 7.59. The van der Waals surface area contributed by atoms with E-state index >= 15 is 0 Å². The standard InChI is InChI=1S/C22H32N2O5S/c1-4-29-21(25)15-23(14-18-5-6-18)22(26)19-7-9-20(10-8-19)30(27,28)24-12-16(2)11-17(3)13-24/h7-10,16-18H,4-6,11-15H2,1-3H3. The predicted molar refractivity (Wildman–Crippen MR) is 113 cm³/mol. The van der Waals surface area contributed by atoms with Crippen LogP contribution in [0.3, 0.4) is 0 Å². The number of piperidine rings is 1. The van der Waals surface area contributed by atoms with Crippen LogP contribution in [0.1, 0.15) is 50.4 Å². The molecule has 0 N–H and O–H groups in total. The fourth-order valence-electron chi connectivity index (χ4n) is 4.10. The number of hydrogen-bond donors (Lipinski definition) is 0. The van der Waals surface area contributed by atoms with Crippen molar-refractivity contribution >= 4 is 21.9 Å². The summed E-state index contributed by atoms with van der Waals surface area (Å²) in [5.41, 5.74) is 0.374. The van der Waals surface area contributed by atoms with E-state index in [0.717, 1.165) is 19.3 Å². The van der Waals surface area contributed by atoms with Gasteiger partial charge in [-0.2, -0.15) is 4.31 Å². The zero-order valence-electron chi connectivity index (χ0n) is 18.0. The summed E-state index contributed by atoms with van der Waals surface area (Å²) in [7, 11) is -3.59. The minimum atomic E-state index is -3.59. The van der Waals surface area contributed by atoms with Crippen molar-refractivity contribution in [1.29, 1.82) is 0 Å². The van der Waals surface area contributed by atoms with Crippen molar-refractivity contribution < 1.29 is 22.7 Å². The van der Waals surface area contributed by atoms with Crippen molar-refractivity contribution in [3.63, 3.8) is 0 Å². The van der Waals surface area contributed by atoms with Crippen LogP contribution < -0.4 is 0 Å². The van der Waals surface area contributed by atoms with Crippen LogP contribution in [0.2, 0.25) is 0 Å². The van der Waals surface area contributed by atoms with Crippen LogP contribution in [0.25, 0.3) is 0 Å². The molecule has 1 aromatic carbocycles. The molecule has 1 saturated heterocycles. The summed E-state index contributed by atoms with van der Waals surface area (Å²) in [4.78, 5) is 26.6. The van der Waals surface area contributed by atoms with Crippen LogP contribution in [0, 0.1) is 17.8 Å². The van der Waals surface area contributed by atoms with Gasteiger partial charge in [0.05, 0.1) is 11.5 Å². The molecule has 2 unspecified atom stereocenters. The van der Waals surface area contributed by atoms with E-state index in [0.29, 0.717) is 43.0 Å². The highest BCUT2D eigenvalue weighted by Crippen LogP contribution is 2.30. The van der Waals surface area contributed by atoms with Crippen molar-refractivity contribution in [2.45, 2.75) is 44.9 Å². The van der Waals surface area contributed by atoms with Crippen LogP contribution >= 0.6 is 0 Å². The number of amides is 1. The first kappa shape index (κ1) is 22.7. The fraction of sp³-hybridized carbons (Fsp3) is 0.636. The Hall–Kier alpha value is -1.93. The average Bonchev–Trinajstić information content (AvgIpc) is 3.50. The summed E-state index contributed by atoms with van der Waals surface area (Å²) in [5, 5.41) is 0. The fourth-order valence-corrected chi connectivity index (χ4v) is 5.78. The van der Waals surface area contributed by atoms with E-state index in [1.54, 1.807) is 11.2 Å². The van der Waals surface area contributed by atoms with Crippen molar-refractivity contribution in [2.24, 2.45) is 17.8 Å². The summed E-state index contributed by atoms with van der Waals surface area (Å²) in [5.74, 6) is 0.357. The minimum absolute atomic E-state index is 0.0905. The van der Waals surface area contributed by atoms with Crippen LogP contribution in [0.15, 0.2) is 29.2 Å². The van der Waals surface area contributed by atoms with Gasteiger partial charge in [0.2, 0.25) is 10.0 Å².